The van der Waals surface area contributed by atoms with Gasteiger partial charge in [0.15, 0.2) is 0 Å². The lowest BCUT2D eigenvalue weighted by Crippen LogP contribution is -2.64. The predicted octanol–water partition coefficient (Wildman–Crippen LogP) is 1.54. The molecule has 2 N–H and O–H groups in total. The number of aliphatic hydroxyl groups excluding tert-OH is 1. The molecule has 1 saturated heterocycles. The second kappa shape index (κ2) is 6.89. The zero-order chi connectivity index (χ0) is 18.5. The zero-order valence-corrected chi connectivity index (χ0v) is 16.3. The van der Waals surface area contributed by atoms with Gasteiger partial charge in [-0.25, -0.2) is 4.79 Å². The van der Waals surface area contributed by atoms with Gasteiger partial charge in [-0.05, 0) is 31.3 Å². The average Bonchev–Trinajstić information content (AvgIpc) is 2.83. The molecular weight excluding hydrogens is 360 g/mol. The van der Waals surface area contributed by atoms with E-state index in [0.717, 1.165) is 34.9 Å². The number of thioether (sulfide) groups is 1. The van der Waals surface area contributed by atoms with Crippen molar-refractivity contribution in [2.45, 2.75) is 38.3 Å². The van der Waals surface area contributed by atoms with Crippen LogP contribution in [0.3, 0.4) is 0 Å². The molecule has 2 aliphatic heterocycles. The minimum Gasteiger partial charge on any atom is -0.477 e. The van der Waals surface area contributed by atoms with Crippen LogP contribution < -0.4 is 0 Å². The Labute approximate surface area is 157 Å². The van der Waals surface area contributed by atoms with Crippen LogP contribution in [0.4, 0.5) is 0 Å². The van der Waals surface area contributed by atoms with E-state index < -0.39 is 18.0 Å². The highest BCUT2D eigenvalue weighted by atomic mass is 32.2. The Hall–Kier alpha value is -1.12. The highest BCUT2D eigenvalue weighted by Crippen LogP contribution is 2.54. The minimum absolute atomic E-state index is 0.0516. The van der Waals surface area contributed by atoms with Gasteiger partial charge in [0, 0.05) is 25.8 Å². The number of aliphatic hydroxyl groups is 1. The average molecular weight is 385 g/mol. The number of carboxylic acids is 1. The first-order valence-electron chi connectivity index (χ1n) is 8.58. The van der Waals surface area contributed by atoms with E-state index in [1.54, 1.807) is 18.7 Å². The van der Waals surface area contributed by atoms with E-state index in [1.807, 2.05) is 19.0 Å². The number of thiocarbonyl (C=S) groups is 1. The van der Waals surface area contributed by atoms with Crippen LogP contribution >= 0.6 is 24.0 Å². The van der Waals surface area contributed by atoms with Gasteiger partial charge >= 0.3 is 5.97 Å². The summed E-state index contributed by atoms with van der Waals surface area (Å²) in [5, 5.41) is 19.7. The summed E-state index contributed by atoms with van der Waals surface area (Å²) in [6.07, 6.45) is 2.05. The van der Waals surface area contributed by atoms with E-state index >= 15 is 0 Å². The van der Waals surface area contributed by atoms with Gasteiger partial charge in [-0.15, -0.1) is 0 Å². The van der Waals surface area contributed by atoms with E-state index in [4.69, 9.17) is 12.2 Å². The molecule has 3 aliphatic rings. The molecule has 0 aromatic carbocycles. The van der Waals surface area contributed by atoms with Crippen LogP contribution in [0.15, 0.2) is 11.3 Å². The molecule has 1 aliphatic carbocycles. The Morgan fingerprint density at radius 1 is 1.44 bits per heavy atom. The second-order valence-corrected chi connectivity index (χ2v) is 8.93. The summed E-state index contributed by atoms with van der Waals surface area (Å²) in [4.78, 5) is 27.7. The van der Waals surface area contributed by atoms with Crippen molar-refractivity contribution < 1.29 is 19.8 Å². The third-order valence-corrected chi connectivity index (χ3v) is 7.42. The molecule has 8 heteroatoms. The molecule has 25 heavy (non-hydrogen) atoms. The summed E-state index contributed by atoms with van der Waals surface area (Å²) < 4.78 is 0.777. The quantitative estimate of drug-likeness (QED) is 0.562. The number of carbonyl (C=O) groups is 2. The molecule has 5 atom stereocenters. The molecule has 1 saturated carbocycles. The van der Waals surface area contributed by atoms with Crippen LogP contribution in [0.1, 0.15) is 26.2 Å². The van der Waals surface area contributed by atoms with Gasteiger partial charge in [0.2, 0.25) is 5.91 Å². The summed E-state index contributed by atoms with van der Waals surface area (Å²) in [5.74, 6) is -0.877. The SMILES string of the molecule is C[C@@H](O)[C@H]1C(=O)N2C(C(=O)O)=C3[C@@H](CSC(=S)N(C)C)CCC[C@@H]3[C@H]12. The summed E-state index contributed by atoms with van der Waals surface area (Å²) in [7, 11) is 3.79. The largest absolute Gasteiger partial charge is 0.477 e. The predicted molar refractivity (Wildman–Crippen MR) is 100 cm³/mol. The van der Waals surface area contributed by atoms with Gasteiger partial charge in [0.1, 0.15) is 10.0 Å². The van der Waals surface area contributed by atoms with Crippen LogP contribution in [0.2, 0.25) is 0 Å². The van der Waals surface area contributed by atoms with Crippen molar-refractivity contribution in [2.75, 3.05) is 19.8 Å². The van der Waals surface area contributed by atoms with Crippen LogP contribution in [-0.4, -0.2) is 68.2 Å². The minimum atomic E-state index is -1.04. The summed E-state index contributed by atoms with van der Waals surface area (Å²) in [6.45, 7) is 1.62. The number of carbonyl (C=O) groups excluding carboxylic acids is 1. The van der Waals surface area contributed by atoms with Gasteiger partial charge in [-0.1, -0.05) is 30.4 Å². The monoisotopic (exact) mass is 384 g/mol. The van der Waals surface area contributed by atoms with E-state index in [-0.39, 0.29) is 29.5 Å². The first-order chi connectivity index (χ1) is 11.8. The third kappa shape index (κ3) is 2.98. The molecule has 0 radical (unpaired) electrons. The van der Waals surface area contributed by atoms with Crippen LogP contribution in [0, 0.1) is 17.8 Å². The van der Waals surface area contributed by atoms with Crippen LogP contribution in [-0.2, 0) is 9.59 Å². The fourth-order valence-electron chi connectivity index (χ4n) is 4.47. The van der Waals surface area contributed by atoms with Gasteiger partial charge in [0.05, 0.1) is 18.1 Å². The number of fused-ring (bicyclic) bond motifs is 3. The molecule has 2 heterocycles. The highest BCUT2D eigenvalue weighted by Gasteiger charge is 2.62. The molecule has 0 unspecified atom stereocenters. The Morgan fingerprint density at radius 2 is 2.12 bits per heavy atom. The molecule has 2 fully saturated rings. The van der Waals surface area contributed by atoms with Gasteiger partial charge in [-0.2, -0.15) is 0 Å². The van der Waals surface area contributed by atoms with Crippen molar-refractivity contribution in [1.29, 1.82) is 0 Å². The van der Waals surface area contributed by atoms with Crippen molar-refractivity contribution in [1.82, 2.24) is 9.80 Å². The Morgan fingerprint density at radius 3 is 2.68 bits per heavy atom. The van der Waals surface area contributed by atoms with Crippen molar-refractivity contribution in [3.05, 3.63) is 11.3 Å². The fourth-order valence-corrected chi connectivity index (χ4v) is 5.63. The van der Waals surface area contributed by atoms with E-state index in [9.17, 15) is 19.8 Å². The summed E-state index contributed by atoms with van der Waals surface area (Å²) in [5.41, 5.74) is 1.06. The molecule has 0 spiro atoms. The number of hydrogen-bond donors (Lipinski definition) is 2. The Kier molecular flexibility index (Phi) is 5.14. The molecule has 0 aromatic rings. The lowest BCUT2D eigenvalue weighted by atomic mass is 9.70. The first-order valence-corrected chi connectivity index (χ1v) is 9.97. The maximum Gasteiger partial charge on any atom is 0.352 e. The highest BCUT2D eigenvalue weighted by molar-refractivity contribution is 8.22. The van der Waals surface area contributed by atoms with Gasteiger partial charge in [0.25, 0.3) is 0 Å². The normalized spacial score (nSPS) is 32.0. The molecule has 0 aromatic heterocycles. The van der Waals surface area contributed by atoms with Crippen molar-refractivity contribution in [3.8, 4) is 0 Å². The van der Waals surface area contributed by atoms with Crippen LogP contribution in [0.25, 0.3) is 0 Å². The molecule has 0 bridgehead atoms. The van der Waals surface area contributed by atoms with Crippen molar-refractivity contribution in [2.24, 2.45) is 17.8 Å². The molecular formula is C17H24N2O4S2. The first kappa shape index (κ1) is 18.7. The maximum absolute atomic E-state index is 12.4. The number of β-lactam (4-membered cyclic amide) rings is 1. The maximum atomic E-state index is 12.4. The van der Waals surface area contributed by atoms with E-state index in [2.05, 4.69) is 0 Å². The smallest absolute Gasteiger partial charge is 0.352 e. The lowest BCUT2D eigenvalue weighted by Gasteiger charge is -2.47. The van der Waals surface area contributed by atoms with E-state index in [1.165, 1.54) is 4.90 Å². The molecule has 1 amide bonds. The fraction of sp³-hybridized carbons (Fsp3) is 0.706. The number of rotatable bonds is 4. The standard InChI is InChI=1S/C17H24N2O4S2/c1-8(20)11-13-10-6-4-5-9(7-25-17(24)18(2)3)12(10)14(16(22)23)19(13)15(11)21/h8-11,13,20H,4-7H2,1-3H3,(H,22,23)/t8-,9-,10+,11-,13-/m1/s1. The number of carboxylic acid groups (broad SMARTS) is 1. The van der Waals surface area contributed by atoms with Gasteiger partial charge < -0.3 is 20.0 Å². The number of amides is 1. The van der Waals surface area contributed by atoms with E-state index in [0.29, 0.717) is 0 Å². The Balaban J connectivity index is 1.89. The molecule has 138 valence electrons. The second-order valence-electron chi connectivity index (χ2n) is 7.28. The number of aliphatic carboxylic acids is 1. The lowest BCUT2D eigenvalue weighted by molar-refractivity contribution is -0.163. The van der Waals surface area contributed by atoms with Gasteiger partial charge in [-0.3, -0.25) is 4.79 Å². The molecule has 6 nitrogen and oxygen atoms in total. The third-order valence-electron chi connectivity index (χ3n) is 5.52. The van der Waals surface area contributed by atoms with Crippen molar-refractivity contribution in [3.63, 3.8) is 0 Å². The zero-order valence-electron chi connectivity index (χ0n) is 14.6. The molecule has 3 rings (SSSR count). The summed E-state index contributed by atoms with van der Waals surface area (Å²) in [6, 6.07) is -0.192. The number of hydrogen-bond acceptors (Lipinski definition) is 5. The summed E-state index contributed by atoms with van der Waals surface area (Å²) >= 11 is 6.90. The Bertz CT molecular complexity index is 647. The van der Waals surface area contributed by atoms with Crippen LogP contribution in [0.5, 0.6) is 0 Å². The number of nitrogens with zero attached hydrogens (tertiary/aromatic N) is 2. The topological polar surface area (TPSA) is 81.1 Å². The van der Waals surface area contributed by atoms with Crippen molar-refractivity contribution >= 4 is 40.2 Å².